The maximum Gasteiger partial charge on any atom is 0.241 e. The van der Waals surface area contributed by atoms with Crippen molar-refractivity contribution < 1.29 is 14.3 Å². The van der Waals surface area contributed by atoms with Gasteiger partial charge in [-0.3, -0.25) is 14.6 Å². The molecule has 2 unspecified atom stereocenters. The van der Waals surface area contributed by atoms with Crippen LogP contribution >= 0.6 is 0 Å². The summed E-state index contributed by atoms with van der Waals surface area (Å²) in [5.74, 6) is -0.494. The summed E-state index contributed by atoms with van der Waals surface area (Å²) in [5, 5.41) is 11.9. The van der Waals surface area contributed by atoms with Crippen molar-refractivity contribution in [3.63, 3.8) is 0 Å². The third kappa shape index (κ3) is 4.25. The van der Waals surface area contributed by atoms with E-state index in [0.717, 1.165) is 26.2 Å². The number of aliphatic hydroxyl groups excluding tert-OH is 1. The third-order valence-corrected chi connectivity index (χ3v) is 4.26. The molecule has 0 aliphatic carbocycles. The molecule has 1 saturated heterocycles. The molecule has 1 fully saturated rings. The summed E-state index contributed by atoms with van der Waals surface area (Å²) in [5.41, 5.74) is 0.476. The number of amides is 1. The monoisotopic (exact) mass is 309 g/mol. The maximum absolute atomic E-state index is 13.1. The fourth-order valence-corrected chi connectivity index (χ4v) is 2.66. The molecule has 1 heterocycles. The Bertz CT molecular complexity index is 504. The Kier molecular flexibility index (Phi) is 5.88. The fourth-order valence-electron chi connectivity index (χ4n) is 2.66. The number of aliphatic hydroxyl groups is 1. The average molecular weight is 309 g/mol. The summed E-state index contributed by atoms with van der Waals surface area (Å²) in [6.45, 7) is 7.23. The number of rotatable bonds is 5. The lowest BCUT2D eigenvalue weighted by atomic mass is 10.2. The van der Waals surface area contributed by atoms with Crippen molar-refractivity contribution in [2.24, 2.45) is 0 Å². The van der Waals surface area contributed by atoms with Gasteiger partial charge in [-0.15, -0.1) is 0 Å². The van der Waals surface area contributed by atoms with E-state index in [1.807, 2.05) is 13.8 Å². The topological polar surface area (TPSA) is 55.8 Å². The molecule has 2 N–H and O–H groups in total. The van der Waals surface area contributed by atoms with Gasteiger partial charge in [-0.2, -0.15) is 0 Å². The summed E-state index contributed by atoms with van der Waals surface area (Å²) in [7, 11) is 0. The van der Waals surface area contributed by atoms with Crippen LogP contribution in [0.5, 0.6) is 0 Å². The van der Waals surface area contributed by atoms with Crippen LogP contribution in [0.2, 0.25) is 0 Å². The highest BCUT2D eigenvalue weighted by Gasteiger charge is 2.27. The molecule has 0 saturated carbocycles. The minimum absolute atomic E-state index is 0.130. The summed E-state index contributed by atoms with van der Waals surface area (Å²) in [4.78, 5) is 16.6. The summed E-state index contributed by atoms with van der Waals surface area (Å²) in [6, 6.07) is 5.79. The van der Waals surface area contributed by atoms with Crippen molar-refractivity contribution in [1.82, 2.24) is 9.80 Å². The molecule has 2 atom stereocenters. The highest BCUT2D eigenvalue weighted by Crippen LogP contribution is 2.13. The molecule has 122 valence electrons. The van der Waals surface area contributed by atoms with Gasteiger partial charge in [0.2, 0.25) is 5.91 Å². The zero-order valence-electron chi connectivity index (χ0n) is 13.1. The normalized spacial score (nSPS) is 19.6. The minimum Gasteiger partial charge on any atom is -0.395 e. The van der Waals surface area contributed by atoms with Crippen molar-refractivity contribution in [2.45, 2.75) is 25.9 Å². The van der Waals surface area contributed by atoms with Gasteiger partial charge >= 0.3 is 0 Å². The van der Waals surface area contributed by atoms with Crippen LogP contribution in [-0.2, 0) is 4.79 Å². The van der Waals surface area contributed by atoms with Gasteiger partial charge in [0.25, 0.3) is 0 Å². The Labute approximate surface area is 130 Å². The van der Waals surface area contributed by atoms with Crippen molar-refractivity contribution >= 4 is 11.6 Å². The van der Waals surface area contributed by atoms with Gasteiger partial charge in [-0.05, 0) is 32.0 Å². The molecule has 1 amide bonds. The summed E-state index contributed by atoms with van der Waals surface area (Å²) >= 11 is 0. The van der Waals surface area contributed by atoms with Gasteiger partial charge in [0.05, 0.1) is 12.6 Å². The lowest BCUT2D eigenvalue weighted by Gasteiger charge is -2.39. The van der Waals surface area contributed by atoms with Crippen molar-refractivity contribution in [3.05, 3.63) is 30.1 Å². The van der Waals surface area contributed by atoms with E-state index >= 15 is 0 Å². The van der Waals surface area contributed by atoms with Crippen LogP contribution in [0.4, 0.5) is 10.1 Å². The zero-order valence-corrected chi connectivity index (χ0v) is 13.1. The molecule has 0 radical (unpaired) electrons. The van der Waals surface area contributed by atoms with E-state index in [-0.39, 0.29) is 30.4 Å². The Balaban J connectivity index is 1.86. The molecule has 6 heteroatoms. The van der Waals surface area contributed by atoms with Crippen LogP contribution < -0.4 is 5.32 Å². The maximum atomic E-state index is 13.1. The number of nitrogens with zero attached hydrogens (tertiary/aromatic N) is 2. The van der Waals surface area contributed by atoms with Crippen molar-refractivity contribution in [3.8, 4) is 0 Å². The first-order valence-electron chi connectivity index (χ1n) is 7.66. The molecule has 0 aromatic heterocycles. The second kappa shape index (κ2) is 7.67. The largest absolute Gasteiger partial charge is 0.395 e. The second-order valence-corrected chi connectivity index (χ2v) is 5.78. The minimum atomic E-state index is -0.364. The quantitative estimate of drug-likeness (QED) is 0.857. The number of halogens is 1. The number of carbonyl (C=O) groups excluding carboxylic acids is 1. The Morgan fingerprint density at radius 2 is 1.91 bits per heavy atom. The predicted molar refractivity (Wildman–Crippen MR) is 84.2 cm³/mol. The van der Waals surface area contributed by atoms with E-state index in [1.54, 1.807) is 12.1 Å². The average Bonchev–Trinajstić information content (AvgIpc) is 2.53. The van der Waals surface area contributed by atoms with Crippen LogP contribution in [0.15, 0.2) is 24.3 Å². The van der Waals surface area contributed by atoms with E-state index in [1.165, 1.54) is 12.1 Å². The van der Waals surface area contributed by atoms with E-state index in [0.29, 0.717) is 5.69 Å². The van der Waals surface area contributed by atoms with Crippen LogP contribution in [0, 0.1) is 5.82 Å². The van der Waals surface area contributed by atoms with Gasteiger partial charge in [-0.1, -0.05) is 6.07 Å². The molecule has 1 aromatic rings. The van der Waals surface area contributed by atoms with Crippen molar-refractivity contribution in [1.29, 1.82) is 0 Å². The first-order chi connectivity index (χ1) is 10.5. The molecule has 22 heavy (non-hydrogen) atoms. The summed E-state index contributed by atoms with van der Waals surface area (Å²) < 4.78 is 13.1. The number of anilines is 1. The third-order valence-electron chi connectivity index (χ3n) is 4.26. The first-order valence-corrected chi connectivity index (χ1v) is 7.66. The molecule has 0 spiro atoms. The Morgan fingerprint density at radius 1 is 1.27 bits per heavy atom. The highest BCUT2D eigenvalue weighted by atomic mass is 19.1. The van der Waals surface area contributed by atoms with Gasteiger partial charge in [0.15, 0.2) is 0 Å². The lowest BCUT2D eigenvalue weighted by Crippen LogP contribution is -2.55. The number of hydrogen-bond acceptors (Lipinski definition) is 4. The number of nitrogens with one attached hydrogen (secondary N) is 1. The number of carbonyl (C=O) groups is 1. The van der Waals surface area contributed by atoms with Crippen molar-refractivity contribution in [2.75, 3.05) is 38.1 Å². The Morgan fingerprint density at radius 3 is 2.50 bits per heavy atom. The van der Waals surface area contributed by atoms with Gasteiger partial charge in [-0.25, -0.2) is 4.39 Å². The predicted octanol–water partition coefficient (Wildman–Crippen LogP) is 1.15. The second-order valence-electron chi connectivity index (χ2n) is 5.78. The highest BCUT2D eigenvalue weighted by molar-refractivity contribution is 5.94. The summed E-state index contributed by atoms with van der Waals surface area (Å²) in [6.07, 6.45) is 0. The molecule has 1 aliphatic rings. The lowest BCUT2D eigenvalue weighted by molar-refractivity contribution is -0.121. The molecule has 1 aliphatic heterocycles. The zero-order chi connectivity index (χ0) is 16.1. The van der Waals surface area contributed by atoms with Crippen LogP contribution in [0.1, 0.15) is 13.8 Å². The van der Waals surface area contributed by atoms with Gasteiger partial charge < -0.3 is 10.4 Å². The number of benzene rings is 1. The SMILES string of the molecule is CC(CO)N1CCN(C(C)C(=O)Nc2cccc(F)c2)CC1. The van der Waals surface area contributed by atoms with E-state index in [4.69, 9.17) is 0 Å². The number of piperazine rings is 1. The van der Waals surface area contributed by atoms with Crippen LogP contribution in [0.25, 0.3) is 0 Å². The standard InChI is InChI=1S/C16H24FN3O2/c1-12(11-21)19-6-8-20(9-7-19)13(2)16(22)18-15-5-3-4-14(17)10-15/h3-5,10,12-13,21H,6-9,11H2,1-2H3,(H,18,22). The van der Waals surface area contributed by atoms with Crippen LogP contribution in [-0.4, -0.2) is 65.7 Å². The van der Waals surface area contributed by atoms with E-state index < -0.39 is 0 Å². The fraction of sp³-hybridized carbons (Fsp3) is 0.562. The molecular weight excluding hydrogens is 285 g/mol. The smallest absolute Gasteiger partial charge is 0.241 e. The van der Waals surface area contributed by atoms with E-state index in [2.05, 4.69) is 15.1 Å². The first kappa shape index (κ1) is 16.9. The van der Waals surface area contributed by atoms with Gasteiger partial charge in [0, 0.05) is 37.9 Å². The van der Waals surface area contributed by atoms with Crippen LogP contribution in [0.3, 0.4) is 0 Å². The van der Waals surface area contributed by atoms with Gasteiger partial charge in [0.1, 0.15) is 5.82 Å². The molecule has 2 rings (SSSR count). The Hall–Kier alpha value is -1.50. The number of hydrogen-bond donors (Lipinski definition) is 2. The molecule has 0 bridgehead atoms. The van der Waals surface area contributed by atoms with E-state index in [9.17, 15) is 14.3 Å². The molecule has 1 aromatic carbocycles. The molecule has 5 nitrogen and oxygen atoms in total. The molecular formula is C16H24FN3O2.